The first kappa shape index (κ1) is 13.4. The Bertz CT molecular complexity index is 525. The molecule has 5 nitrogen and oxygen atoms in total. The summed E-state index contributed by atoms with van der Waals surface area (Å²) >= 11 is 0. The number of nitrogens with zero attached hydrogens (tertiary/aromatic N) is 3. The van der Waals surface area contributed by atoms with Crippen LogP contribution in [0.2, 0.25) is 0 Å². The van der Waals surface area contributed by atoms with Gasteiger partial charge in [-0.25, -0.2) is 4.98 Å². The number of aryl methyl sites for hydroxylation is 1. The highest BCUT2D eigenvalue weighted by atomic mass is 16.5. The lowest BCUT2D eigenvalue weighted by Crippen LogP contribution is -2.22. The summed E-state index contributed by atoms with van der Waals surface area (Å²) in [4.78, 5) is 12.7. The molecule has 0 aliphatic heterocycles. The lowest BCUT2D eigenvalue weighted by molar-refractivity contribution is 0.452. The smallest absolute Gasteiger partial charge is 0.238 e. The monoisotopic (exact) mass is 258 g/mol. The first-order valence-electron chi connectivity index (χ1n) is 6.28. The van der Waals surface area contributed by atoms with E-state index in [9.17, 15) is 0 Å². The maximum absolute atomic E-state index is 5.62. The first-order chi connectivity index (χ1) is 9.13. The molecule has 100 valence electrons. The molecule has 2 aromatic rings. The van der Waals surface area contributed by atoms with E-state index in [1.165, 1.54) is 0 Å². The van der Waals surface area contributed by atoms with E-state index in [0.29, 0.717) is 24.2 Å². The van der Waals surface area contributed by atoms with Gasteiger partial charge in [0.25, 0.3) is 0 Å². The quantitative estimate of drug-likeness (QED) is 0.892. The van der Waals surface area contributed by atoms with Gasteiger partial charge in [-0.1, -0.05) is 13.8 Å². The zero-order valence-corrected chi connectivity index (χ0v) is 11.4. The van der Waals surface area contributed by atoms with Crippen molar-refractivity contribution in [2.75, 3.05) is 0 Å². The van der Waals surface area contributed by atoms with Crippen LogP contribution in [0, 0.1) is 6.92 Å². The molecule has 0 aliphatic carbocycles. The van der Waals surface area contributed by atoms with Gasteiger partial charge in [0.1, 0.15) is 5.75 Å². The van der Waals surface area contributed by atoms with Crippen LogP contribution < -0.4 is 10.1 Å². The topological polar surface area (TPSA) is 59.9 Å². The van der Waals surface area contributed by atoms with Gasteiger partial charge in [0.05, 0.1) is 18.1 Å². The summed E-state index contributed by atoms with van der Waals surface area (Å²) in [6.45, 7) is 6.79. The van der Waals surface area contributed by atoms with Crippen LogP contribution in [-0.4, -0.2) is 21.0 Å². The number of hydrogen-bond acceptors (Lipinski definition) is 5. The summed E-state index contributed by atoms with van der Waals surface area (Å²) in [5, 5.41) is 3.29. The summed E-state index contributed by atoms with van der Waals surface area (Å²) in [6.07, 6.45) is 5.00. The van der Waals surface area contributed by atoms with Gasteiger partial charge in [-0.2, -0.15) is 0 Å². The summed E-state index contributed by atoms with van der Waals surface area (Å²) in [7, 11) is 0. The van der Waals surface area contributed by atoms with Gasteiger partial charge in [0.15, 0.2) is 0 Å². The minimum Gasteiger partial charge on any atom is -0.436 e. The molecule has 0 fully saturated rings. The van der Waals surface area contributed by atoms with E-state index in [-0.39, 0.29) is 0 Å². The van der Waals surface area contributed by atoms with E-state index in [0.717, 1.165) is 11.4 Å². The van der Waals surface area contributed by atoms with Crippen molar-refractivity contribution in [2.24, 2.45) is 0 Å². The van der Waals surface area contributed by atoms with Crippen molar-refractivity contribution in [3.63, 3.8) is 0 Å². The molecule has 0 saturated carbocycles. The van der Waals surface area contributed by atoms with Crippen molar-refractivity contribution < 1.29 is 4.74 Å². The highest BCUT2D eigenvalue weighted by Crippen LogP contribution is 2.17. The molecular formula is C14H18N4O. The number of hydrogen-bond donors (Lipinski definition) is 1. The van der Waals surface area contributed by atoms with Crippen molar-refractivity contribution in [2.45, 2.75) is 33.4 Å². The van der Waals surface area contributed by atoms with Crippen LogP contribution in [0.3, 0.4) is 0 Å². The van der Waals surface area contributed by atoms with Crippen molar-refractivity contribution in [1.82, 2.24) is 20.3 Å². The molecule has 0 unspecified atom stereocenters. The van der Waals surface area contributed by atoms with Crippen molar-refractivity contribution in [1.29, 1.82) is 0 Å². The predicted octanol–water partition coefficient (Wildman–Crippen LogP) is 2.47. The van der Waals surface area contributed by atoms with Crippen molar-refractivity contribution >= 4 is 0 Å². The molecule has 0 bridgehead atoms. The zero-order chi connectivity index (χ0) is 13.7. The molecule has 0 aromatic carbocycles. The Balaban J connectivity index is 2.04. The van der Waals surface area contributed by atoms with Crippen molar-refractivity contribution in [3.8, 4) is 11.6 Å². The lowest BCUT2D eigenvalue weighted by Gasteiger charge is -2.08. The average Bonchev–Trinajstić information content (AvgIpc) is 2.40. The van der Waals surface area contributed by atoms with Gasteiger partial charge in [-0.15, -0.1) is 0 Å². The van der Waals surface area contributed by atoms with Gasteiger partial charge in [0, 0.05) is 24.5 Å². The molecule has 2 aromatic heterocycles. The Morgan fingerprint density at radius 1 is 1.21 bits per heavy atom. The summed E-state index contributed by atoms with van der Waals surface area (Å²) < 4.78 is 5.62. The van der Waals surface area contributed by atoms with E-state index < -0.39 is 0 Å². The maximum atomic E-state index is 5.62. The Hall–Kier alpha value is -2.01. The average molecular weight is 258 g/mol. The van der Waals surface area contributed by atoms with Gasteiger partial charge in [0.2, 0.25) is 5.88 Å². The molecule has 0 radical (unpaired) electrons. The maximum Gasteiger partial charge on any atom is 0.238 e. The molecule has 5 heteroatoms. The minimum atomic E-state index is 0.410. The normalized spacial score (nSPS) is 10.7. The predicted molar refractivity (Wildman–Crippen MR) is 73.1 cm³/mol. The Morgan fingerprint density at radius 2 is 2.05 bits per heavy atom. The summed E-state index contributed by atoms with van der Waals surface area (Å²) in [6, 6.07) is 4.17. The molecule has 0 spiro atoms. The van der Waals surface area contributed by atoms with Crippen LogP contribution in [0.25, 0.3) is 0 Å². The fourth-order valence-corrected chi connectivity index (χ4v) is 1.46. The Labute approximate surface area is 113 Å². The Morgan fingerprint density at radius 3 is 2.74 bits per heavy atom. The van der Waals surface area contributed by atoms with E-state index in [1.54, 1.807) is 18.6 Å². The molecule has 2 heterocycles. The van der Waals surface area contributed by atoms with Crippen LogP contribution in [0.1, 0.15) is 25.2 Å². The minimum absolute atomic E-state index is 0.410. The van der Waals surface area contributed by atoms with Gasteiger partial charge in [-0.05, 0) is 19.1 Å². The third kappa shape index (κ3) is 4.30. The van der Waals surface area contributed by atoms with E-state index in [1.807, 2.05) is 19.1 Å². The van der Waals surface area contributed by atoms with E-state index in [2.05, 4.69) is 34.1 Å². The highest BCUT2D eigenvalue weighted by molar-refractivity contribution is 5.24. The second-order valence-electron chi connectivity index (χ2n) is 4.62. The number of nitrogens with one attached hydrogen (secondary N) is 1. The fraction of sp³-hybridized carbons (Fsp3) is 0.357. The van der Waals surface area contributed by atoms with Crippen LogP contribution in [0.4, 0.5) is 0 Å². The third-order valence-corrected chi connectivity index (χ3v) is 2.46. The Kier molecular flexibility index (Phi) is 4.41. The van der Waals surface area contributed by atoms with Crippen LogP contribution in [-0.2, 0) is 6.54 Å². The molecule has 0 aliphatic rings. The van der Waals surface area contributed by atoms with Gasteiger partial charge in [-0.3, -0.25) is 9.97 Å². The molecule has 1 N–H and O–H groups in total. The zero-order valence-electron chi connectivity index (χ0n) is 11.4. The second-order valence-corrected chi connectivity index (χ2v) is 4.62. The molecule has 0 amide bonds. The van der Waals surface area contributed by atoms with Gasteiger partial charge < -0.3 is 10.1 Å². The summed E-state index contributed by atoms with van der Waals surface area (Å²) in [5.41, 5.74) is 1.81. The first-order valence-corrected chi connectivity index (χ1v) is 6.28. The van der Waals surface area contributed by atoms with E-state index >= 15 is 0 Å². The third-order valence-electron chi connectivity index (χ3n) is 2.46. The molecular weight excluding hydrogens is 240 g/mol. The van der Waals surface area contributed by atoms with Gasteiger partial charge >= 0.3 is 0 Å². The largest absolute Gasteiger partial charge is 0.436 e. The van der Waals surface area contributed by atoms with Crippen molar-refractivity contribution in [3.05, 3.63) is 42.1 Å². The number of aromatic nitrogens is 3. The number of rotatable bonds is 5. The lowest BCUT2D eigenvalue weighted by atomic mass is 10.3. The SMILES string of the molecule is Cc1ccc(Oc2cncc(CNC(C)C)n2)cn1. The molecule has 19 heavy (non-hydrogen) atoms. The van der Waals surface area contributed by atoms with E-state index in [4.69, 9.17) is 4.74 Å². The fourth-order valence-electron chi connectivity index (χ4n) is 1.46. The van der Waals surface area contributed by atoms with Crippen LogP contribution in [0.5, 0.6) is 11.6 Å². The number of ether oxygens (including phenoxy) is 1. The standard InChI is InChI=1S/C14H18N4O/c1-10(2)16-7-12-6-15-9-14(18-12)19-13-5-4-11(3)17-8-13/h4-6,8-10,16H,7H2,1-3H3. The molecule has 2 rings (SSSR count). The van der Waals surface area contributed by atoms with Crippen LogP contribution >= 0.6 is 0 Å². The summed E-state index contributed by atoms with van der Waals surface area (Å²) in [5.74, 6) is 1.14. The van der Waals surface area contributed by atoms with Crippen LogP contribution in [0.15, 0.2) is 30.7 Å². The highest BCUT2D eigenvalue weighted by Gasteiger charge is 2.03. The molecule has 0 saturated heterocycles. The second kappa shape index (κ2) is 6.24. The molecule has 0 atom stereocenters. The number of pyridine rings is 1.